The van der Waals surface area contributed by atoms with Gasteiger partial charge < -0.3 is 4.98 Å². The van der Waals surface area contributed by atoms with Gasteiger partial charge >= 0.3 is 0 Å². The van der Waals surface area contributed by atoms with Crippen LogP contribution in [0.5, 0.6) is 0 Å². The number of hydrogen-bond donors (Lipinski definition) is 1. The fourth-order valence-corrected chi connectivity index (χ4v) is 2.03. The Morgan fingerprint density at radius 2 is 2.17 bits per heavy atom. The Kier molecular flexibility index (Phi) is 1.55. The predicted molar refractivity (Wildman–Crippen MR) is 47.0 cm³/mol. The van der Waals surface area contributed by atoms with Crippen LogP contribution in [0.1, 0.15) is 20.8 Å². The van der Waals surface area contributed by atoms with E-state index in [9.17, 15) is 9.59 Å². The third-order valence-corrected chi connectivity index (χ3v) is 2.65. The summed E-state index contributed by atoms with van der Waals surface area (Å²) in [6.45, 7) is 0. The number of carbonyl (C=O) groups is 2. The lowest BCUT2D eigenvalue weighted by Crippen LogP contribution is -1.85. The minimum atomic E-state index is 0.367. The van der Waals surface area contributed by atoms with E-state index in [1.54, 1.807) is 0 Å². The van der Waals surface area contributed by atoms with Gasteiger partial charge in [-0.1, -0.05) is 0 Å². The smallest absolute Gasteiger partial charge is 0.167 e. The summed E-state index contributed by atoms with van der Waals surface area (Å²) in [7, 11) is 0. The number of fused-ring (bicyclic) bond motifs is 1. The Balaban J connectivity index is 2.86. The number of rotatable bonds is 2. The van der Waals surface area contributed by atoms with Crippen molar-refractivity contribution < 1.29 is 9.59 Å². The quantitative estimate of drug-likeness (QED) is 0.715. The van der Waals surface area contributed by atoms with Crippen molar-refractivity contribution in [3.05, 3.63) is 22.7 Å². The summed E-state index contributed by atoms with van der Waals surface area (Å²) >= 11 is 1.45. The standard InChI is InChI=1S/C8H5NO2S/c10-3-5-7(4-11)9-6-1-2-12-8(5)6/h1-4,9H. The van der Waals surface area contributed by atoms with Crippen LogP contribution in [0, 0.1) is 0 Å². The number of aldehydes is 2. The average molecular weight is 179 g/mol. The molecule has 0 saturated carbocycles. The van der Waals surface area contributed by atoms with Crippen molar-refractivity contribution in [3.8, 4) is 0 Å². The first-order valence-corrected chi connectivity index (χ1v) is 4.24. The van der Waals surface area contributed by atoms with Crippen LogP contribution in [-0.2, 0) is 0 Å². The number of thiophene rings is 1. The van der Waals surface area contributed by atoms with Gasteiger partial charge in [-0.2, -0.15) is 0 Å². The lowest BCUT2D eigenvalue weighted by Gasteiger charge is -1.82. The summed E-state index contributed by atoms with van der Waals surface area (Å²) in [6, 6.07) is 1.85. The van der Waals surface area contributed by atoms with Crippen LogP contribution in [-0.4, -0.2) is 17.6 Å². The van der Waals surface area contributed by atoms with Crippen LogP contribution >= 0.6 is 11.3 Å². The van der Waals surface area contributed by atoms with Crippen molar-refractivity contribution in [1.82, 2.24) is 4.98 Å². The molecule has 0 aliphatic rings. The van der Waals surface area contributed by atoms with E-state index in [1.807, 2.05) is 11.4 Å². The summed E-state index contributed by atoms with van der Waals surface area (Å²) in [4.78, 5) is 23.9. The van der Waals surface area contributed by atoms with E-state index in [1.165, 1.54) is 11.3 Å². The molecule has 2 aromatic rings. The highest BCUT2D eigenvalue weighted by molar-refractivity contribution is 7.17. The maximum absolute atomic E-state index is 10.6. The van der Waals surface area contributed by atoms with Gasteiger partial charge in [-0.3, -0.25) is 9.59 Å². The topological polar surface area (TPSA) is 49.9 Å². The minimum absolute atomic E-state index is 0.367. The third kappa shape index (κ3) is 0.816. The molecule has 0 bridgehead atoms. The first-order valence-electron chi connectivity index (χ1n) is 3.36. The van der Waals surface area contributed by atoms with Gasteiger partial charge in [0.25, 0.3) is 0 Å². The first-order chi connectivity index (χ1) is 5.86. The van der Waals surface area contributed by atoms with E-state index in [0.717, 1.165) is 10.2 Å². The van der Waals surface area contributed by atoms with E-state index in [0.29, 0.717) is 23.8 Å². The predicted octanol–water partition coefficient (Wildman–Crippen LogP) is 1.85. The molecule has 4 heteroatoms. The molecule has 60 valence electrons. The summed E-state index contributed by atoms with van der Waals surface area (Å²) < 4.78 is 0.854. The highest BCUT2D eigenvalue weighted by Gasteiger charge is 2.10. The van der Waals surface area contributed by atoms with Crippen LogP contribution in [0.25, 0.3) is 10.2 Å². The maximum atomic E-state index is 10.6. The number of carbonyl (C=O) groups excluding carboxylic acids is 2. The van der Waals surface area contributed by atoms with Gasteiger partial charge in [-0.25, -0.2) is 0 Å². The van der Waals surface area contributed by atoms with Crippen molar-refractivity contribution in [2.75, 3.05) is 0 Å². The van der Waals surface area contributed by atoms with Crippen LogP contribution < -0.4 is 0 Å². The molecule has 0 atom stereocenters. The SMILES string of the molecule is O=Cc1[nH]c2ccsc2c1C=O. The van der Waals surface area contributed by atoms with Gasteiger partial charge in [0.1, 0.15) is 0 Å². The van der Waals surface area contributed by atoms with E-state index in [4.69, 9.17) is 0 Å². The normalized spacial score (nSPS) is 10.3. The van der Waals surface area contributed by atoms with E-state index >= 15 is 0 Å². The van der Waals surface area contributed by atoms with Crippen LogP contribution in [0.4, 0.5) is 0 Å². The Bertz CT molecular complexity index is 441. The maximum Gasteiger partial charge on any atom is 0.167 e. The lowest BCUT2D eigenvalue weighted by atomic mass is 10.3. The molecule has 0 saturated heterocycles. The molecule has 0 fully saturated rings. The molecule has 1 N–H and O–H groups in total. The summed E-state index contributed by atoms with van der Waals surface area (Å²) in [5.41, 5.74) is 1.69. The van der Waals surface area contributed by atoms with Gasteiger partial charge in [0.2, 0.25) is 0 Å². The molecule has 0 aliphatic carbocycles. The molecule has 2 rings (SSSR count). The minimum Gasteiger partial charge on any atom is -0.351 e. The number of hydrogen-bond acceptors (Lipinski definition) is 3. The van der Waals surface area contributed by atoms with Gasteiger partial charge in [0.15, 0.2) is 12.6 Å². The number of aromatic amines is 1. The molecule has 3 nitrogen and oxygen atoms in total. The Labute approximate surface area is 72.0 Å². The molecule has 0 amide bonds. The summed E-state index contributed by atoms with van der Waals surface area (Å²) in [5, 5.41) is 1.88. The van der Waals surface area contributed by atoms with Crippen molar-refractivity contribution in [3.63, 3.8) is 0 Å². The van der Waals surface area contributed by atoms with Crippen LogP contribution in [0.3, 0.4) is 0 Å². The number of nitrogens with one attached hydrogen (secondary N) is 1. The summed E-state index contributed by atoms with van der Waals surface area (Å²) in [6.07, 6.45) is 1.37. The molecular formula is C8H5NO2S. The van der Waals surface area contributed by atoms with Crippen molar-refractivity contribution in [2.24, 2.45) is 0 Å². The second kappa shape index (κ2) is 2.57. The molecule has 12 heavy (non-hydrogen) atoms. The monoisotopic (exact) mass is 179 g/mol. The largest absolute Gasteiger partial charge is 0.351 e. The number of H-pyrrole nitrogens is 1. The van der Waals surface area contributed by atoms with Crippen LogP contribution in [0.15, 0.2) is 11.4 Å². The average Bonchev–Trinajstić information content (AvgIpc) is 2.61. The highest BCUT2D eigenvalue weighted by Crippen LogP contribution is 2.25. The van der Waals surface area contributed by atoms with Crippen LogP contribution in [0.2, 0.25) is 0 Å². The fraction of sp³-hybridized carbons (Fsp3) is 0. The molecule has 2 heterocycles. The molecule has 0 aliphatic heterocycles. The lowest BCUT2D eigenvalue weighted by molar-refractivity contribution is 0.109. The highest BCUT2D eigenvalue weighted by atomic mass is 32.1. The second-order valence-corrected chi connectivity index (χ2v) is 3.27. The molecule has 0 aromatic carbocycles. The fourth-order valence-electron chi connectivity index (χ4n) is 1.16. The zero-order valence-electron chi connectivity index (χ0n) is 6.03. The molecule has 0 radical (unpaired) electrons. The zero-order chi connectivity index (χ0) is 8.55. The Morgan fingerprint density at radius 1 is 1.33 bits per heavy atom. The summed E-state index contributed by atoms with van der Waals surface area (Å²) in [5.74, 6) is 0. The third-order valence-electron chi connectivity index (χ3n) is 1.71. The molecule has 0 spiro atoms. The molecule has 0 unspecified atom stereocenters. The van der Waals surface area contributed by atoms with E-state index < -0.39 is 0 Å². The molecular weight excluding hydrogens is 174 g/mol. The Morgan fingerprint density at radius 3 is 2.83 bits per heavy atom. The van der Waals surface area contributed by atoms with Gasteiger partial charge in [0.05, 0.1) is 21.5 Å². The van der Waals surface area contributed by atoms with Gasteiger partial charge in [-0.05, 0) is 11.4 Å². The second-order valence-electron chi connectivity index (χ2n) is 2.35. The molecule has 2 aromatic heterocycles. The van der Waals surface area contributed by atoms with E-state index in [-0.39, 0.29) is 0 Å². The zero-order valence-corrected chi connectivity index (χ0v) is 6.85. The van der Waals surface area contributed by atoms with Crippen molar-refractivity contribution in [2.45, 2.75) is 0 Å². The van der Waals surface area contributed by atoms with E-state index in [2.05, 4.69) is 4.98 Å². The first kappa shape index (κ1) is 7.24. The Hall–Kier alpha value is -1.42. The van der Waals surface area contributed by atoms with Crippen molar-refractivity contribution >= 4 is 34.1 Å². The van der Waals surface area contributed by atoms with Gasteiger partial charge in [0, 0.05) is 0 Å². The van der Waals surface area contributed by atoms with Crippen molar-refractivity contribution in [1.29, 1.82) is 0 Å². The number of aromatic nitrogens is 1. The van der Waals surface area contributed by atoms with Gasteiger partial charge in [-0.15, -0.1) is 11.3 Å².